The minimum absolute atomic E-state index is 0.130. The second-order valence-corrected chi connectivity index (χ2v) is 7.69. The van der Waals surface area contributed by atoms with Crippen LogP contribution in [0.2, 0.25) is 0 Å². The SMILES string of the molecule is CCNC(=NCC1CCCC1O)N1CCC2(CCCCC2)C1. The molecule has 0 radical (unpaired) electrons. The van der Waals surface area contributed by atoms with Crippen molar-refractivity contribution in [3.63, 3.8) is 0 Å². The first-order valence-corrected chi connectivity index (χ1v) is 9.44. The molecule has 2 saturated carbocycles. The molecule has 22 heavy (non-hydrogen) atoms. The van der Waals surface area contributed by atoms with E-state index in [-0.39, 0.29) is 6.10 Å². The predicted octanol–water partition coefficient (Wildman–Crippen LogP) is 2.77. The van der Waals surface area contributed by atoms with Crippen LogP contribution in [0.4, 0.5) is 0 Å². The fourth-order valence-electron chi connectivity index (χ4n) is 4.69. The number of hydrogen-bond acceptors (Lipinski definition) is 2. The zero-order valence-corrected chi connectivity index (χ0v) is 14.2. The second kappa shape index (κ2) is 7.20. The van der Waals surface area contributed by atoms with Crippen LogP contribution >= 0.6 is 0 Å². The minimum atomic E-state index is -0.130. The first-order chi connectivity index (χ1) is 10.7. The van der Waals surface area contributed by atoms with Crippen molar-refractivity contribution in [2.24, 2.45) is 16.3 Å². The Labute approximate surface area is 135 Å². The fraction of sp³-hybridized carbons (Fsp3) is 0.944. The topological polar surface area (TPSA) is 47.9 Å². The number of guanidine groups is 1. The van der Waals surface area contributed by atoms with Crippen LogP contribution in [0.3, 0.4) is 0 Å². The number of aliphatic hydroxyl groups is 1. The smallest absolute Gasteiger partial charge is 0.193 e. The van der Waals surface area contributed by atoms with Gasteiger partial charge in [0.05, 0.1) is 6.10 Å². The molecule has 4 nitrogen and oxygen atoms in total. The molecule has 3 aliphatic rings. The van der Waals surface area contributed by atoms with Crippen molar-refractivity contribution in [1.29, 1.82) is 0 Å². The number of aliphatic hydroxyl groups excluding tert-OH is 1. The third-order valence-electron chi connectivity index (χ3n) is 6.08. The Morgan fingerprint density at radius 3 is 2.68 bits per heavy atom. The molecule has 1 heterocycles. The van der Waals surface area contributed by atoms with Crippen molar-refractivity contribution >= 4 is 5.96 Å². The van der Waals surface area contributed by atoms with E-state index in [9.17, 15) is 5.11 Å². The van der Waals surface area contributed by atoms with Gasteiger partial charge < -0.3 is 15.3 Å². The lowest BCUT2D eigenvalue weighted by molar-refractivity contribution is 0.136. The molecule has 2 atom stereocenters. The van der Waals surface area contributed by atoms with Gasteiger partial charge in [0.1, 0.15) is 0 Å². The molecule has 0 aromatic rings. The largest absolute Gasteiger partial charge is 0.393 e. The van der Waals surface area contributed by atoms with E-state index in [2.05, 4.69) is 17.1 Å². The molecule has 0 aromatic heterocycles. The maximum absolute atomic E-state index is 9.99. The van der Waals surface area contributed by atoms with Gasteiger partial charge >= 0.3 is 0 Å². The summed E-state index contributed by atoms with van der Waals surface area (Å²) in [5.74, 6) is 1.46. The maximum Gasteiger partial charge on any atom is 0.193 e. The van der Waals surface area contributed by atoms with E-state index in [0.717, 1.165) is 44.9 Å². The number of aliphatic imine (C=N–C) groups is 1. The summed E-state index contributed by atoms with van der Waals surface area (Å²) in [5, 5.41) is 13.5. The Hall–Kier alpha value is -0.770. The summed E-state index contributed by atoms with van der Waals surface area (Å²) in [4.78, 5) is 7.36. The molecule has 1 spiro atoms. The highest BCUT2D eigenvalue weighted by Gasteiger charge is 2.39. The maximum atomic E-state index is 9.99. The van der Waals surface area contributed by atoms with Gasteiger partial charge in [-0.2, -0.15) is 0 Å². The lowest BCUT2D eigenvalue weighted by atomic mass is 9.73. The molecule has 3 rings (SSSR count). The summed E-state index contributed by atoms with van der Waals surface area (Å²) in [7, 11) is 0. The number of hydrogen-bond donors (Lipinski definition) is 2. The molecular weight excluding hydrogens is 274 g/mol. The lowest BCUT2D eigenvalue weighted by Crippen LogP contribution is -2.42. The zero-order valence-electron chi connectivity index (χ0n) is 14.2. The quantitative estimate of drug-likeness (QED) is 0.622. The van der Waals surface area contributed by atoms with Crippen molar-refractivity contribution < 1.29 is 5.11 Å². The van der Waals surface area contributed by atoms with Crippen LogP contribution in [0.15, 0.2) is 4.99 Å². The molecule has 4 heteroatoms. The standard InChI is InChI=1S/C18H33N3O/c1-2-19-17(20-13-15-7-6-8-16(15)22)21-12-11-18(14-21)9-4-3-5-10-18/h15-16,22H,2-14H2,1H3,(H,19,20). The van der Waals surface area contributed by atoms with Crippen molar-refractivity contribution in [2.75, 3.05) is 26.2 Å². The fourth-order valence-corrected chi connectivity index (χ4v) is 4.69. The minimum Gasteiger partial charge on any atom is -0.393 e. The van der Waals surface area contributed by atoms with Gasteiger partial charge in [0, 0.05) is 32.1 Å². The summed E-state index contributed by atoms with van der Waals surface area (Å²) >= 11 is 0. The summed E-state index contributed by atoms with van der Waals surface area (Å²) in [6.07, 6.45) is 11.5. The van der Waals surface area contributed by atoms with Gasteiger partial charge in [0.15, 0.2) is 5.96 Å². The third-order valence-corrected chi connectivity index (χ3v) is 6.08. The Morgan fingerprint density at radius 1 is 1.18 bits per heavy atom. The highest BCUT2D eigenvalue weighted by molar-refractivity contribution is 5.80. The highest BCUT2D eigenvalue weighted by atomic mass is 16.3. The predicted molar refractivity (Wildman–Crippen MR) is 91.0 cm³/mol. The Kier molecular flexibility index (Phi) is 5.27. The molecule has 2 N–H and O–H groups in total. The molecule has 0 bridgehead atoms. The van der Waals surface area contributed by atoms with Crippen LogP contribution in [-0.4, -0.2) is 48.2 Å². The molecule has 3 fully saturated rings. The molecule has 1 aliphatic heterocycles. The van der Waals surface area contributed by atoms with E-state index < -0.39 is 0 Å². The molecule has 1 saturated heterocycles. The number of nitrogens with zero attached hydrogens (tertiary/aromatic N) is 2. The van der Waals surface area contributed by atoms with Gasteiger partial charge in [-0.05, 0) is 44.4 Å². The van der Waals surface area contributed by atoms with Gasteiger partial charge in [0.2, 0.25) is 0 Å². The summed E-state index contributed by atoms with van der Waals surface area (Å²) in [5.41, 5.74) is 0.571. The molecule has 2 aliphatic carbocycles. The van der Waals surface area contributed by atoms with E-state index in [1.165, 1.54) is 45.1 Å². The van der Waals surface area contributed by atoms with Crippen LogP contribution in [0.1, 0.15) is 64.7 Å². The Balaban J connectivity index is 1.61. The van der Waals surface area contributed by atoms with E-state index in [1.54, 1.807) is 0 Å². The first kappa shape index (κ1) is 16.1. The van der Waals surface area contributed by atoms with Crippen molar-refractivity contribution in [2.45, 2.75) is 70.8 Å². The third kappa shape index (κ3) is 3.58. The summed E-state index contributed by atoms with van der Waals surface area (Å²) < 4.78 is 0. The molecular formula is C18H33N3O. The van der Waals surface area contributed by atoms with Gasteiger partial charge in [-0.15, -0.1) is 0 Å². The van der Waals surface area contributed by atoms with Gasteiger partial charge in [-0.25, -0.2) is 0 Å². The van der Waals surface area contributed by atoms with Crippen LogP contribution < -0.4 is 5.32 Å². The van der Waals surface area contributed by atoms with Crippen molar-refractivity contribution in [3.8, 4) is 0 Å². The Morgan fingerprint density at radius 2 is 2.00 bits per heavy atom. The lowest BCUT2D eigenvalue weighted by Gasteiger charge is -2.33. The number of likely N-dealkylation sites (tertiary alicyclic amines) is 1. The van der Waals surface area contributed by atoms with Gasteiger partial charge in [-0.3, -0.25) is 4.99 Å². The molecule has 0 aromatic carbocycles. The summed E-state index contributed by atoms with van der Waals surface area (Å²) in [6, 6.07) is 0. The van der Waals surface area contributed by atoms with Crippen LogP contribution in [0.25, 0.3) is 0 Å². The Bertz CT molecular complexity index is 390. The van der Waals surface area contributed by atoms with Crippen LogP contribution in [0, 0.1) is 11.3 Å². The van der Waals surface area contributed by atoms with Gasteiger partial charge in [-0.1, -0.05) is 25.7 Å². The zero-order chi connectivity index (χ0) is 15.4. The molecule has 126 valence electrons. The van der Waals surface area contributed by atoms with Crippen LogP contribution in [0.5, 0.6) is 0 Å². The monoisotopic (exact) mass is 307 g/mol. The van der Waals surface area contributed by atoms with E-state index in [1.807, 2.05) is 0 Å². The van der Waals surface area contributed by atoms with E-state index in [4.69, 9.17) is 4.99 Å². The van der Waals surface area contributed by atoms with Crippen molar-refractivity contribution in [1.82, 2.24) is 10.2 Å². The summed E-state index contributed by atoms with van der Waals surface area (Å²) in [6.45, 7) is 6.19. The van der Waals surface area contributed by atoms with E-state index in [0.29, 0.717) is 11.3 Å². The van der Waals surface area contributed by atoms with Gasteiger partial charge in [0.25, 0.3) is 0 Å². The number of nitrogens with one attached hydrogen (secondary N) is 1. The number of rotatable bonds is 3. The molecule has 0 amide bonds. The van der Waals surface area contributed by atoms with Crippen molar-refractivity contribution in [3.05, 3.63) is 0 Å². The average molecular weight is 307 g/mol. The average Bonchev–Trinajstić information content (AvgIpc) is 3.12. The highest BCUT2D eigenvalue weighted by Crippen LogP contribution is 2.43. The normalized spacial score (nSPS) is 31.9. The molecule has 2 unspecified atom stereocenters. The van der Waals surface area contributed by atoms with E-state index >= 15 is 0 Å². The first-order valence-electron chi connectivity index (χ1n) is 9.44. The second-order valence-electron chi connectivity index (χ2n) is 7.69. The van der Waals surface area contributed by atoms with Crippen LogP contribution in [-0.2, 0) is 0 Å².